The summed E-state index contributed by atoms with van der Waals surface area (Å²) in [6.07, 6.45) is 3.38. The van der Waals surface area contributed by atoms with Crippen LogP contribution >= 0.6 is 0 Å². The van der Waals surface area contributed by atoms with Gasteiger partial charge in [-0.3, -0.25) is 9.69 Å². The summed E-state index contributed by atoms with van der Waals surface area (Å²) in [6.45, 7) is 5.14. The quantitative estimate of drug-likeness (QED) is 0.659. The first-order valence-electron chi connectivity index (χ1n) is 6.11. The van der Waals surface area contributed by atoms with Crippen molar-refractivity contribution in [2.24, 2.45) is 5.92 Å². The lowest BCUT2D eigenvalue weighted by Gasteiger charge is -2.38. The van der Waals surface area contributed by atoms with Gasteiger partial charge in [-0.1, -0.05) is 6.42 Å². The monoisotopic (exact) mass is 221 g/mol. The van der Waals surface area contributed by atoms with Crippen LogP contribution in [0.5, 0.6) is 0 Å². The van der Waals surface area contributed by atoms with Crippen LogP contribution in [0.4, 0.5) is 0 Å². The van der Waals surface area contributed by atoms with Crippen molar-refractivity contribution in [1.82, 2.24) is 9.80 Å². The van der Waals surface area contributed by atoms with E-state index in [-0.39, 0.29) is 11.8 Å². The summed E-state index contributed by atoms with van der Waals surface area (Å²) >= 11 is 0. The Morgan fingerprint density at radius 2 is 1.94 bits per heavy atom. The van der Waals surface area contributed by atoms with Crippen LogP contribution in [-0.2, 0) is 4.79 Å². The third kappa shape index (κ3) is 2.19. The van der Waals surface area contributed by atoms with Gasteiger partial charge in [0.1, 0.15) is 0 Å². The molecule has 0 aromatic heterocycles. The zero-order valence-electron chi connectivity index (χ0n) is 9.85. The van der Waals surface area contributed by atoms with Crippen molar-refractivity contribution in [2.45, 2.75) is 32.2 Å². The highest BCUT2D eigenvalue weighted by molar-refractivity contribution is 5.73. The molecule has 0 N–H and O–H groups in total. The molecule has 2 atom stereocenters. The Labute approximate surface area is 96.8 Å². The van der Waals surface area contributed by atoms with Gasteiger partial charge >= 0.3 is 0 Å². The molecule has 1 amide bonds. The van der Waals surface area contributed by atoms with Gasteiger partial charge in [-0.25, -0.2) is 0 Å². The van der Waals surface area contributed by atoms with Gasteiger partial charge in [-0.15, -0.1) is 0 Å². The topological polar surface area (TPSA) is 47.3 Å². The molecule has 2 aliphatic rings. The predicted molar refractivity (Wildman–Crippen MR) is 60.6 cm³/mol. The van der Waals surface area contributed by atoms with E-state index in [9.17, 15) is 4.79 Å². The molecule has 1 aliphatic carbocycles. The average molecular weight is 221 g/mol. The fourth-order valence-corrected chi connectivity index (χ4v) is 2.90. The average Bonchev–Trinajstić information content (AvgIpc) is 2.77. The molecule has 1 saturated carbocycles. The largest absolute Gasteiger partial charge is 0.340 e. The van der Waals surface area contributed by atoms with Gasteiger partial charge in [0.15, 0.2) is 0 Å². The lowest BCUT2D eigenvalue weighted by atomic mass is 10.0. The highest BCUT2D eigenvalue weighted by Crippen LogP contribution is 2.29. The van der Waals surface area contributed by atoms with Crippen LogP contribution in [-0.4, -0.2) is 47.9 Å². The molecule has 2 unspecified atom stereocenters. The maximum Gasteiger partial charge on any atom is 0.219 e. The predicted octanol–water partition coefficient (Wildman–Crippen LogP) is 0.843. The lowest BCUT2D eigenvalue weighted by molar-refractivity contribution is -0.130. The van der Waals surface area contributed by atoms with Gasteiger partial charge < -0.3 is 4.90 Å². The maximum atomic E-state index is 11.2. The number of hydrogen-bond donors (Lipinski definition) is 0. The molecule has 0 bridgehead atoms. The number of rotatable bonds is 1. The Kier molecular flexibility index (Phi) is 3.45. The Balaban J connectivity index is 1.89. The van der Waals surface area contributed by atoms with E-state index in [2.05, 4.69) is 11.0 Å². The molecule has 0 spiro atoms. The van der Waals surface area contributed by atoms with E-state index in [1.165, 1.54) is 6.42 Å². The minimum absolute atomic E-state index is 0.169. The number of nitriles is 1. The van der Waals surface area contributed by atoms with E-state index in [1.807, 2.05) is 4.90 Å². The van der Waals surface area contributed by atoms with E-state index in [0.29, 0.717) is 6.04 Å². The molecule has 0 radical (unpaired) electrons. The molecule has 1 heterocycles. The molecule has 1 saturated heterocycles. The second kappa shape index (κ2) is 4.84. The molecule has 0 aromatic carbocycles. The van der Waals surface area contributed by atoms with Crippen LogP contribution in [0.2, 0.25) is 0 Å². The van der Waals surface area contributed by atoms with Gasteiger partial charge in [-0.2, -0.15) is 5.26 Å². The normalized spacial score (nSPS) is 31.4. The summed E-state index contributed by atoms with van der Waals surface area (Å²) in [5, 5.41) is 9.07. The summed E-state index contributed by atoms with van der Waals surface area (Å²) in [5.74, 6) is 0.381. The highest BCUT2D eigenvalue weighted by Gasteiger charge is 2.33. The fraction of sp³-hybridized carbons (Fsp3) is 0.833. The maximum absolute atomic E-state index is 11.2. The molecule has 16 heavy (non-hydrogen) atoms. The first-order chi connectivity index (χ1) is 7.72. The zero-order chi connectivity index (χ0) is 11.5. The van der Waals surface area contributed by atoms with Crippen LogP contribution in [0.25, 0.3) is 0 Å². The number of carbonyl (C=O) groups is 1. The fourth-order valence-electron chi connectivity index (χ4n) is 2.90. The molecule has 1 aliphatic heterocycles. The zero-order valence-corrected chi connectivity index (χ0v) is 9.85. The standard InChI is InChI=1S/C12H19N3O/c1-10(16)14-5-7-15(8-6-14)12-4-2-3-11(12)9-13/h11-12H,2-8H2,1H3. The van der Waals surface area contributed by atoms with Crippen molar-refractivity contribution in [1.29, 1.82) is 5.26 Å². The van der Waals surface area contributed by atoms with Gasteiger partial charge in [-0.05, 0) is 12.8 Å². The third-order valence-corrected chi connectivity index (χ3v) is 3.87. The molecular formula is C12H19N3O. The van der Waals surface area contributed by atoms with E-state index < -0.39 is 0 Å². The Morgan fingerprint density at radius 3 is 2.50 bits per heavy atom. The SMILES string of the molecule is CC(=O)N1CCN(C2CCCC2C#N)CC1. The second-order valence-electron chi connectivity index (χ2n) is 4.78. The van der Waals surface area contributed by atoms with Crippen molar-refractivity contribution in [3.63, 3.8) is 0 Å². The van der Waals surface area contributed by atoms with Gasteiger partial charge in [0.05, 0.1) is 12.0 Å². The summed E-state index contributed by atoms with van der Waals surface area (Å²) in [7, 11) is 0. The van der Waals surface area contributed by atoms with Crippen LogP contribution < -0.4 is 0 Å². The van der Waals surface area contributed by atoms with E-state index >= 15 is 0 Å². The van der Waals surface area contributed by atoms with Gasteiger partial charge in [0, 0.05) is 39.1 Å². The van der Waals surface area contributed by atoms with Crippen molar-refractivity contribution in [3.05, 3.63) is 0 Å². The summed E-state index contributed by atoms with van der Waals surface area (Å²) < 4.78 is 0. The third-order valence-electron chi connectivity index (χ3n) is 3.87. The minimum atomic E-state index is 0.169. The van der Waals surface area contributed by atoms with E-state index in [1.54, 1.807) is 6.92 Å². The second-order valence-corrected chi connectivity index (χ2v) is 4.78. The van der Waals surface area contributed by atoms with Crippen LogP contribution in [0.3, 0.4) is 0 Å². The molecule has 4 heteroatoms. The molecule has 2 fully saturated rings. The van der Waals surface area contributed by atoms with Crippen LogP contribution in [0.1, 0.15) is 26.2 Å². The minimum Gasteiger partial charge on any atom is -0.340 e. The smallest absolute Gasteiger partial charge is 0.219 e. The van der Waals surface area contributed by atoms with Crippen LogP contribution in [0.15, 0.2) is 0 Å². The van der Waals surface area contributed by atoms with E-state index in [4.69, 9.17) is 5.26 Å². The van der Waals surface area contributed by atoms with Crippen molar-refractivity contribution in [3.8, 4) is 6.07 Å². The van der Waals surface area contributed by atoms with Crippen LogP contribution in [0, 0.1) is 17.2 Å². The van der Waals surface area contributed by atoms with Gasteiger partial charge in [0.2, 0.25) is 5.91 Å². The summed E-state index contributed by atoms with van der Waals surface area (Å²) in [4.78, 5) is 15.5. The molecule has 4 nitrogen and oxygen atoms in total. The number of nitrogens with zero attached hydrogens (tertiary/aromatic N) is 3. The number of carbonyl (C=O) groups excluding carboxylic acids is 1. The first kappa shape index (κ1) is 11.4. The molecule has 2 rings (SSSR count). The van der Waals surface area contributed by atoms with Crippen molar-refractivity contribution >= 4 is 5.91 Å². The number of piperazine rings is 1. The Hall–Kier alpha value is -1.08. The van der Waals surface area contributed by atoms with E-state index in [0.717, 1.165) is 39.0 Å². The highest BCUT2D eigenvalue weighted by atomic mass is 16.2. The van der Waals surface area contributed by atoms with Gasteiger partial charge in [0.25, 0.3) is 0 Å². The number of amides is 1. The summed E-state index contributed by atoms with van der Waals surface area (Å²) in [5.41, 5.74) is 0. The number of hydrogen-bond acceptors (Lipinski definition) is 3. The molecule has 88 valence electrons. The summed E-state index contributed by atoms with van der Waals surface area (Å²) in [6, 6.07) is 2.87. The first-order valence-corrected chi connectivity index (χ1v) is 6.11. The Bertz CT molecular complexity index is 302. The molecular weight excluding hydrogens is 202 g/mol. The van der Waals surface area contributed by atoms with Crippen molar-refractivity contribution < 1.29 is 4.79 Å². The lowest BCUT2D eigenvalue weighted by Crippen LogP contribution is -2.52. The van der Waals surface area contributed by atoms with Crippen molar-refractivity contribution in [2.75, 3.05) is 26.2 Å². The molecule has 0 aromatic rings. The Morgan fingerprint density at radius 1 is 1.25 bits per heavy atom.